The van der Waals surface area contributed by atoms with Crippen LogP contribution in [0.1, 0.15) is 47.2 Å². The monoisotopic (exact) mass is 478 g/mol. The van der Waals surface area contributed by atoms with Crippen molar-refractivity contribution in [3.05, 3.63) is 126 Å². The number of thiazole rings is 1. The van der Waals surface area contributed by atoms with Crippen LogP contribution in [0, 0.1) is 6.92 Å². The molecule has 35 heavy (non-hydrogen) atoms. The molecular weight excluding hydrogens is 452 g/mol. The van der Waals surface area contributed by atoms with E-state index in [-0.39, 0.29) is 11.6 Å². The zero-order chi connectivity index (χ0) is 23.9. The van der Waals surface area contributed by atoms with Crippen molar-refractivity contribution in [2.24, 2.45) is 4.99 Å². The summed E-state index contributed by atoms with van der Waals surface area (Å²) in [6, 6.07) is 24.7. The summed E-state index contributed by atoms with van der Waals surface area (Å²) in [5.74, 6) is 0.839. The number of nitrogens with zero attached hydrogens (tertiary/aromatic N) is 2. The van der Waals surface area contributed by atoms with Gasteiger partial charge in [-0.3, -0.25) is 9.36 Å². The highest BCUT2D eigenvalue weighted by atomic mass is 32.1. The maximum Gasteiger partial charge on any atom is 0.271 e. The Balaban J connectivity index is 1.59. The molecule has 0 saturated heterocycles. The van der Waals surface area contributed by atoms with E-state index >= 15 is 0 Å². The molecule has 0 N–H and O–H groups in total. The molecule has 4 aromatic rings. The Kier molecular flexibility index (Phi) is 5.50. The van der Waals surface area contributed by atoms with Crippen LogP contribution in [0.15, 0.2) is 88.2 Å². The molecule has 2 heterocycles. The number of benzene rings is 3. The first kappa shape index (κ1) is 21.8. The third-order valence-corrected chi connectivity index (χ3v) is 7.70. The second-order valence-electron chi connectivity index (χ2n) is 9.03. The molecule has 6 rings (SSSR count). The van der Waals surface area contributed by atoms with Gasteiger partial charge in [0, 0.05) is 5.56 Å². The lowest BCUT2D eigenvalue weighted by Crippen LogP contribution is -2.38. The van der Waals surface area contributed by atoms with Gasteiger partial charge in [0.1, 0.15) is 5.75 Å². The van der Waals surface area contributed by atoms with Crippen molar-refractivity contribution >= 4 is 23.1 Å². The average molecular weight is 479 g/mol. The fourth-order valence-electron chi connectivity index (χ4n) is 5.15. The number of ether oxygens (including phenoxy) is 1. The molecular formula is C30H26N2O2S. The van der Waals surface area contributed by atoms with Gasteiger partial charge in [0.25, 0.3) is 5.56 Å². The summed E-state index contributed by atoms with van der Waals surface area (Å²) in [4.78, 5) is 19.7. The third kappa shape index (κ3) is 3.86. The maximum atomic E-state index is 13.8. The van der Waals surface area contributed by atoms with Crippen molar-refractivity contribution in [2.75, 3.05) is 6.61 Å². The lowest BCUT2D eigenvalue weighted by molar-refractivity contribution is 0.340. The van der Waals surface area contributed by atoms with Crippen LogP contribution in [0.3, 0.4) is 0 Å². The number of hydrogen-bond donors (Lipinski definition) is 0. The van der Waals surface area contributed by atoms with Gasteiger partial charge in [0.05, 0.1) is 22.9 Å². The van der Waals surface area contributed by atoms with Crippen LogP contribution in [0.25, 0.3) is 11.8 Å². The minimum Gasteiger partial charge on any atom is -0.494 e. The summed E-state index contributed by atoms with van der Waals surface area (Å²) in [7, 11) is 0. The number of fused-ring (bicyclic) bond motifs is 3. The van der Waals surface area contributed by atoms with Crippen LogP contribution in [0.2, 0.25) is 0 Å². The summed E-state index contributed by atoms with van der Waals surface area (Å²) < 4.78 is 8.28. The van der Waals surface area contributed by atoms with Gasteiger partial charge in [-0.2, -0.15) is 0 Å². The predicted octanol–water partition coefficient (Wildman–Crippen LogP) is 5.03. The van der Waals surface area contributed by atoms with E-state index < -0.39 is 0 Å². The molecule has 0 radical (unpaired) electrons. The number of rotatable bonds is 4. The first-order chi connectivity index (χ1) is 17.1. The molecule has 1 aliphatic carbocycles. The first-order valence-electron chi connectivity index (χ1n) is 12.0. The van der Waals surface area contributed by atoms with Gasteiger partial charge < -0.3 is 4.74 Å². The van der Waals surface area contributed by atoms with Gasteiger partial charge in [-0.05, 0) is 67.2 Å². The quantitative estimate of drug-likeness (QED) is 0.413. The summed E-state index contributed by atoms with van der Waals surface area (Å²) in [6.07, 6.45) is 3.82. The summed E-state index contributed by atoms with van der Waals surface area (Å²) in [6.45, 7) is 4.67. The van der Waals surface area contributed by atoms with Crippen molar-refractivity contribution in [1.82, 2.24) is 4.57 Å². The number of aryl methyl sites for hydroxylation is 2. The van der Waals surface area contributed by atoms with E-state index in [1.54, 1.807) is 0 Å². The molecule has 0 bridgehead atoms. The molecule has 174 valence electrons. The molecule has 1 aromatic heterocycles. The van der Waals surface area contributed by atoms with Crippen molar-refractivity contribution in [3.63, 3.8) is 0 Å². The SMILES string of the molecule is CCOc1ccc(C2C3=C(N=c4sc(=Cc5cccc(C)c5)c(=O)n42)c2ccccc2CC3)cc1. The van der Waals surface area contributed by atoms with E-state index in [1.165, 1.54) is 33.6 Å². The Bertz CT molecular complexity index is 1640. The molecule has 1 aliphatic heterocycles. The zero-order valence-corrected chi connectivity index (χ0v) is 20.6. The van der Waals surface area contributed by atoms with Gasteiger partial charge in [-0.15, -0.1) is 0 Å². The summed E-state index contributed by atoms with van der Waals surface area (Å²) in [5.41, 5.74) is 8.03. The van der Waals surface area contributed by atoms with Gasteiger partial charge in [0.15, 0.2) is 4.80 Å². The van der Waals surface area contributed by atoms with Crippen molar-refractivity contribution in [3.8, 4) is 5.75 Å². The Morgan fingerprint density at radius 3 is 2.69 bits per heavy atom. The normalized spacial score (nSPS) is 16.9. The predicted molar refractivity (Wildman–Crippen MR) is 142 cm³/mol. The molecule has 5 heteroatoms. The second-order valence-corrected chi connectivity index (χ2v) is 10.0. The van der Waals surface area contributed by atoms with Crippen LogP contribution in [-0.4, -0.2) is 11.2 Å². The summed E-state index contributed by atoms with van der Waals surface area (Å²) >= 11 is 1.47. The van der Waals surface area contributed by atoms with E-state index in [1.807, 2.05) is 41.8 Å². The van der Waals surface area contributed by atoms with Gasteiger partial charge in [-0.25, -0.2) is 4.99 Å². The Labute approximate surface area is 208 Å². The Hall–Kier alpha value is -3.70. The van der Waals surface area contributed by atoms with Gasteiger partial charge in [0.2, 0.25) is 0 Å². The fourth-order valence-corrected chi connectivity index (χ4v) is 6.15. The van der Waals surface area contributed by atoms with Crippen molar-refractivity contribution in [1.29, 1.82) is 0 Å². The molecule has 4 nitrogen and oxygen atoms in total. The minimum absolute atomic E-state index is 0.0135. The van der Waals surface area contributed by atoms with Crippen molar-refractivity contribution in [2.45, 2.75) is 32.7 Å². The maximum absolute atomic E-state index is 13.8. The zero-order valence-electron chi connectivity index (χ0n) is 19.8. The van der Waals surface area contributed by atoms with E-state index in [2.05, 4.69) is 55.5 Å². The number of hydrogen-bond acceptors (Lipinski definition) is 4. The van der Waals surface area contributed by atoms with Crippen LogP contribution in [-0.2, 0) is 6.42 Å². The minimum atomic E-state index is -0.176. The molecule has 1 atom stereocenters. The first-order valence-corrected chi connectivity index (χ1v) is 12.9. The number of aromatic nitrogens is 1. The molecule has 1 unspecified atom stereocenters. The molecule has 0 amide bonds. The van der Waals surface area contributed by atoms with E-state index in [0.717, 1.165) is 40.2 Å². The summed E-state index contributed by atoms with van der Waals surface area (Å²) in [5, 5.41) is 0. The molecule has 0 saturated carbocycles. The highest BCUT2D eigenvalue weighted by Gasteiger charge is 2.32. The van der Waals surface area contributed by atoms with Crippen LogP contribution >= 0.6 is 11.3 Å². The van der Waals surface area contributed by atoms with Crippen LogP contribution in [0.5, 0.6) is 5.75 Å². The largest absolute Gasteiger partial charge is 0.494 e. The van der Waals surface area contributed by atoms with Gasteiger partial charge in [-0.1, -0.05) is 77.6 Å². The molecule has 0 fully saturated rings. The molecule has 0 spiro atoms. The highest BCUT2D eigenvalue weighted by Crippen LogP contribution is 2.41. The standard InChI is InChI=1S/C30H26N2O2S/c1-3-34-23-14-11-22(12-15-23)28-25-16-13-21-9-4-5-10-24(21)27(25)31-30-32(28)29(33)26(35-30)18-20-8-6-7-19(2)17-20/h4-12,14-15,17-18,28H,3,13,16H2,1-2H3. The smallest absolute Gasteiger partial charge is 0.271 e. The topological polar surface area (TPSA) is 43.6 Å². The Morgan fingerprint density at radius 1 is 1.06 bits per heavy atom. The second kappa shape index (κ2) is 8.82. The average Bonchev–Trinajstić information content (AvgIpc) is 3.18. The lowest BCUT2D eigenvalue weighted by Gasteiger charge is -2.30. The molecule has 3 aromatic carbocycles. The molecule has 2 aliphatic rings. The van der Waals surface area contributed by atoms with E-state index in [4.69, 9.17) is 9.73 Å². The Morgan fingerprint density at radius 2 is 1.89 bits per heavy atom. The van der Waals surface area contributed by atoms with E-state index in [9.17, 15) is 4.79 Å². The fraction of sp³-hybridized carbons (Fsp3) is 0.200. The lowest BCUT2D eigenvalue weighted by atomic mass is 9.83. The van der Waals surface area contributed by atoms with Crippen molar-refractivity contribution < 1.29 is 4.74 Å². The van der Waals surface area contributed by atoms with Crippen LogP contribution < -0.4 is 19.6 Å². The third-order valence-electron chi connectivity index (χ3n) is 6.72. The number of allylic oxidation sites excluding steroid dienone is 1. The highest BCUT2D eigenvalue weighted by molar-refractivity contribution is 7.07. The van der Waals surface area contributed by atoms with Gasteiger partial charge >= 0.3 is 0 Å². The van der Waals surface area contributed by atoms with E-state index in [0.29, 0.717) is 11.1 Å². The van der Waals surface area contributed by atoms with Crippen LogP contribution in [0.4, 0.5) is 0 Å².